The molecular weight excluding hydrogens is 697 g/mol. The van der Waals surface area contributed by atoms with Gasteiger partial charge in [-0.25, -0.2) is 14.0 Å². The van der Waals surface area contributed by atoms with Gasteiger partial charge < -0.3 is 29.8 Å². The number of nitrogens with zero attached hydrogens (tertiary/aromatic N) is 2. The van der Waals surface area contributed by atoms with Crippen molar-refractivity contribution in [3.8, 4) is 5.75 Å². The molecule has 1 aliphatic carbocycles. The number of benzene rings is 2. The number of aryl methyl sites for hydroxylation is 2. The molecule has 292 valence electrons. The number of carbonyl (C=O) groups excluding carboxylic acids is 5. The van der Waals surface area contributed by atoms with Crippen molar-refractivity contribution in [3.05, 3.63) is 64.5 Å². The predicted octanol–water partition coefficient (Wildman–Crippen LogP) is 5.49. The van der Waals surface area contributed by atoms with E-state index in [9.17, 15) is 28.4 Å². The van der Waals surface area contributed by atoms with Crippen molar-refractivity contribution in [2.75, 3.05) is 6.54 Å². The number of fused-ring (bicyclic) bond motifs is 3. The maximum Gasteiger partial charge on any atom is 0.410 e. The van der Waals surface area contributed by atoms with Crippen molar-refractivity contribution in [1.29, 1.82) is 0 Å². The highest BCUT2D eigenvalue weighted by Crippen LogP contribution is 2.48. The maximum atomic E-state index is 14.5. The van der Waals surface area contributed by atoms with Crippen LogP contribution in [-0.4, -0.2) is 75.6 Å². The number of alkyl carbamates (subject to hydrolysis) is 1. The smallest absolute Gasteiger partial charge is 0.410 e. The Kier molecular flexibility index (Phi) is 11.4. The van der Waals surface area contributed by atoms with E-state index in [1.54, 1.807) is 39.0 Å². The van der Waals surface area contributed by atoms with E-state index in [1.165, 1.54) is 15.9 Å². The molecular formula is C40H52FN5O8. The van der Waals surface area contributed by atoms with Gasteiger partial charge in [0.15, 0.2) is 5.75 Å². The molecule has 0 spiro atoms. The summed E-state index contributed by atoms with van der Waals surface area (Å²) < 4.78 is 25.8. The molecule has 2 aromatic rings. The van der Waals surface area contributed by atoms with Crippen molar-refractivity contribution >= 4 is 29.9 Å². The number of ether oxygens (including phenoxy) is 2. The monoisotopic (exact) mass is 749 g/mol. The first kappa shape index (κ1) is 38.8. The van der Waals surface area contributed by atoms with Crippen LogP contribution >= 0.6 is 0 Å². The summed E-state index contributed by atoms with van der Waals surface area (Å²) in [5.41, 5.74) is 3.66. The molecule has 6 rings (SSSR count). The van der Waals surface area contributed by atoms with Crippen LogP contribution in [0.3, 0.4) is 0 Å². The molecule has 5 atom stereocenters. The molecule has 0 unspecified atom stereocenters. The van der Waals surface area contributed by atoms with E-state index in [2.05, 4.69) is 16.1 Å². The summed E-state index contributed by atoms with van der Waals surface area (Å²) in [4.78, 5) is 77.3. The number of halogens is 1. The van der Waals surface area contributed by atoms with Crippen molar-refractivity contribution in [2.45, 2.75) is 135 Å². The lowest BCUT2D eigenvalue weighted by Gasteiger charge is -2.30. The van der Waals surface area contributed by atoms with Crippen LogP contribution in [0.15, 0.2) is 36.4 Å². The minimum atomic E-state index is -1.26. The maximum absolute atomic E-state index is 14.5. The first-order chi connectivity index (χ1) is 25.6. The van der Waals surface area contributed by atoms with Gasteiger partial charge in [0.2, 0.25) is 11.8 Å². The van der Waals surface area contributed by atoms with Gasteiger partial charge in [-0.2, -0.15) is 5.48 Å². The molecule has 0 radical (unpaired) electrons. The Hall–Kier alpha value is -4.88. The zero-order valence-electron chi connectivity index (χ0n) is 31.8. The molecule has 3 aliphatic heterocycles. The SMILES string of the molecule is Cc1ccc(ONC(=O)[C@@]23C[C@@H]2CCCCCCC[C@H](NC(=O)OC(C)(C)C)C(=O)N2C[C@H](OC(=O)N4Cc5cccc(F)c5C4)C[C@H]2C(=O)N3)cc1C. The van der Waals surface area contributed by atoms with Gasteiger partial charge in [-0.05, 0) is 94.7 Å². The number of nitrogens with one attached hydrogen (secondary N) is 3. The van der Waals surface area contributed by atoms with Gasteiger partial charge in [-0.3, -0.25) is 19.3 Å². The lowest BCUT2D eigenvalue weighted by Crippen LogP contribution is -2.58. The zero-order chi connectivity index (χ0) is 38.8. The van der Waals surface area contributed by atoms with Crippen molar-refractivity contribution in [2.24, 2.45) is 5.92 Å². The number of amides is 5. The number of carbonyl (C=O) groups is 5. The van der Waals surface area contributed by atoms with E-state index >= 15 is 0 Å². The summed E-state index contributed by atoms with van der Waals surface area (Å²) in [6.45, 7) is 9.16. The van der Waals surface area contributed by atoms with Crippen LogP contribution < -0.4 is 21.0 Å². The fourth-order valence-corrected chi connectivity index (χ4v) is 7.72. The topological polar surface area (TPSA) is 156 Å². The van der Waals surface area contributed by atoms with Gasteiger partial charge in [-0.15, -0.1) is 0 Å². The average molecular weight is 750 g/mol. The second-order valence-electron chi connectivity index (χ2n) is 16.2. The standard InChI is InChI=1S/C40H52FN5O8/c1-24-16-17-28(18-25(24)2)54-44-36(49)40-20-27(40)13-9-7-6-8-10-15-32(42-37(50)53-39(3,4)5)35(48)46-22-29(19-33(46)34(47)43-40)52-38(51)45-21-26-12-11-14-31(41)30(26)23-45/h11-12,14,16-18,27,29,32-33H,6-10,13,15,19-23H2,1-5H3,(H,42,50)(H,43,47)(H,44,49)/t27-,29+,32-,33-,40+/m0/s1. The third-order valence-electron chi connectivity index (χ3n) is 10.9. The Morgan fingerprint density at radius 3 is 2.43 bits per heavy atom. The molecule has 0 bridgehead atoms. The molecule has 2 saturated heterocycles. The molecule has 1 saturated carbocycles. The van der Waals surface area contributed by atoms with Crippen LogP contribution in [0.4, 0.5) is 14.0 Å². The van der Waals surface area contributed by atoms with Crippen LogP contribution in [0.5, 0.6) is 5.75 Å². The molecule has 3 N–H and O–H groups in total. The largest absolute Gasteiger partial charge is 0.444 e. The Bertz CT molecular complexity index is 1780. The van der Waals surface area contributed by atoms with Gasteiger partial charge in [0.25, 0.3) is 5.91 Å². The van der Waals surface area contributed by atoms with E-state index in [-0.39, 0.29) is 32.0 Å². The van der Waals surface area contributed by atoms with E-state index in [0.717, 1.165) is 36.8 Å². The molecule has 13 nitrogen and oxygen atoms in total. The van der Waals surface area contributed by atoms with Crippen LogP contribution in [-0.2, 0) is 36.9 Å². The molecule has 2 aromatic carbocycles. The number of hydroxylamine groups is 1. The summed E-state index contributed by atoms with van der Waals surface area (Å²) in [6, 6.07) is 8.01. The lowest BCUT2D eigenvalue weighted by atomic mass is 10.0. The van der Waals surface area contributed by atoms with Crippen LogP contribution in [0, 0.1) is 25.6 Å². The van der Waals surface area contributed by atoms with Gasteiger partial charge in [0, 0.05) is 18.5 Å². The molecule has 14 heteroatoms. The van der Waals surface area contributed by atoms with Crippen LogP contribution in [0.25, 0.3) is 0 Å². The van der Waals surface area contributed by atoms with Gasteiger partial charge in [0.05, 0.1) is 13.1 Å². The third-order valence-corrected chi connectivity index (χ3v) is 10.9. The lowest BCUT2D eigenvalue weighted by molar-refractivity contribution is -0.142. The van der Waals surface area contributed by atoms with E-state index in [4.69, 9.17) is 14.3 Å². The first-order valence-corrected chi connectivity index (χ1v) is 19.0. The fraction of sp³-hybridized carbons (Fsp3) is 0.575. The van der Waals surface area contributed by atoms with Crippen molar-refractivity contribution < 1.29 is 42.7 Å². The Morgan fingerprint density at radius 2 is 1.70 bits per heavy atom. The Balaban J connectivity index is 1.23. The fourth-order valence-electron chi connectivity index (χ4n) is 7.72. The third kappa shape index (κ3) is 8.90. The Morgan fingerprint density at radius 1 is 0.963 bits per heavy atom. The molecule has 0 aromatic heterocycles. The molecule has 4 aliphatic rings. The quantitative estimate of drug-likeness (QED) is 0.340. The minimum Gasteiger partial charge on any atom is -0.444 e. The first-order valence-electron chi connectivity index (χ1n) is 19.0. The summed E-state index contributed by atoms with van der Waals surface area (Å²) in [5, 5.41) is 5.72. The van der Waals surface area contributed by atoms with Crippen molar-refractivity contribution in [3.63, 3.8) is 0 Å². The summed E-state index contributed by atoms with van der Waals surface area (Å²) >= 11 is 0. The molecule has 5 amide bonds. The second kappa shape index (κ2) is 15.8. The highest BCUT2D eigenvalue weighted by Gasteiger charge is 2.62. The highest BCUT2D eigenvalue weighted by atomic mass is 19.1. The van der Waals surface area contributed by atoms with E-state index in [0.29, 0.717) is 42.6 Å². The number of hydrogen-bond acceptors (Lipinski definition) is 8. The van der Waals surface area contributed by atoms with Gasteiger partial charge in [-0.1, -0.05) is 50.3 Å². The summed E-state index contributed by atoms with van der Waals surface area (Å²) in [5.74, 6) is -1.69. The molecule has 3 heterocycles. The van der Waals surface area contributed by atoms with E-state index in [1.807, 2.05) is 26.0 Å². The summed E-state index contributed by atoms with van der Waals surface area (Å²) in [7, 11) is 0. The van der Waals surface area contributed by atoms with Crippen LogP contribution in [0.1, 0.15) is 101 Å². The van der Waals surface area contributed by atoms with Crippen LogP contribution in [0.2, 0.25) is 0 Å². The highest BCUT2D eigenvalue weighted by molar-refractivity contribution is 5.98. The zero-order valence-corrected chi connectivity index (χ0v) is 31.8. The molecule has 3 fully saturated rings. The number of hydrogen-bond donors (Lipinski definition) is 3. The second-order valence-corrected chi connectivity index (χ2v) is 16.2. The van der Waals surface area contributed by atoms with Gasteiger partial charge >= 0.3 is 12.2 Å². The number of rotatable bonds is 5. The predicted molar refractivity (Wildman–Crippen MR) is 195 cm³/mol. The average Bonchev–Trinajstić information content (AvgIpc) is 3.40. The van der Waals surface area contributed by atoms with Crippen molar-refractivity contribution in [1.82, 2.24) is 25.9 Å². The summed E-state index contributed by atoms with van der Waals surface area (Å²) in [6.07, 6.45) is 3.16. The van der Waals surface area contributed by atoms with Gasteiger partial charge in [0.1, 0.15) is 35.1 Å². The Labute approximate surface area is 315 Å². The van der Waals surface area contributed by atoms with E-state index < -0.39 is 65.1 Å². The normalized spacial score (nSPS) is 25.9. The molecule has 54 heavy (non-hydrogen) atoms. The minimum absolute atomic E-state index is 0.0330.